The van der Waals surface area contributed by atoms with Crippen molar-refractivity contribution in [2.24, 2.45) is 5.73 Å². The van der Waals surface area contributed by atoms with Crippen LogP contribution in [0.4, 0.5) is 0 Å². The molecule has 9 nitrogen and oxygen atoms in total. The molecule has 0 amide bonds. The summed E-state index contributed by atoms with van der Waals surface area (Å²) in [4.78, 5) is 21.3. The van der Waals surface area contributed by atoms with Gasteiger partial charge in [0.25, 0.3) is 11.6 Å². The highest BCUT2D eigenvalue weighted by molar-refractivity contribution is 5.87. The molecule has 0 saturated carbocycles. The highest BCUT2D eigenvalue weighted by atomic mass is 16.5. The SMILES string of the molecule is COc1noc(C(=O)O)c1CC(N)C(=O)O.O. The Balaban J connectivity index is 0.00000256. The van der Waals surface area contributed by atoms with Crippen LogP contribution >= 0.6 is 0 Å². The third-order valence-electron chi connectivity index (χ3n) is 1.88. The molecule has 0 aromatic carbocycles. The molecule has 0 aliphatic carbocycles. The Bertz CT molecular complexity index is 414. The van der Waals surface area contributed by atoms with Crippen molar-refractivity contribution in [1.82, 2.24) is 5.16 Å². The fraction of sp³-hybridized carbons (Fsp3) is 0.375. The zero-order chi connectivity index (χ0) is 12.3. The molecule has 96 valence electrons. The second-order valence-electron chi connectivity index (χ2n) is 2.95. The number of methoxy groups -OCH3 is 1. The zero-order valence-electron chi connectivity index (χ0n) is 8.84. The molecule has 9 heteroatoms. The van der Waals surface area contributed by atoms with E-state index >= 15 is 0 Å². The lowest BCUT2D eigenvalue weighted by molar-refractivity contribution is -0.138. The Morgan fingerprint density at radius 1 is 1.53 bits per heavy atom. The van der Waals surface area contributed by atoms with Gasteiger partial charge in [0.15, 0.2) is 0 Å². The molecule has 0 fully saturated rings. The van der Waals surface area contributed by atoms with Crippen molar-refractivity contribution >= 4 is 11.9 Å². The average molecular weight is 248 g/mol. The van der Waals surface area contributed by atoms with E-state index in [0.29, 0.717) is 0 Å². The number of ether oxygens (including phenoxy) is 1. The van der Waals surface area contributed by atoms with Crippen LogP contribution in [0.1, 0.15) is 16.1 Å². The lowest BCUT2D eigenvalue weighted by Crippen LogP contribution is -2.32. The number of carboxylic acids is 2. The first-order chi connectivity index (χ1) is 7.47. The van der Waals surface area contributed by atoms with E-state index in [4.69, 9.17) is 20.7 Å². The monoisotopic (exact) mass is 248 g/mol. The minimum Gasteiger partial charge on any atom is -0.480 e. The van der Waals surface area contributed by atoms with Gasteiger partial charge in [-0.1, -0.05) is 0 Å². The van der Waals surface area contributed by atoms with E-state index in [1.165, 1.54) is 7.11 Å². The van der Waals surface area contributed by atoms with E-state index in [1.54, 1.807) is 0 Å². The first-order valence-electron chi connectivity index (χ1n) is 4.21. The predicted molar refractivity (Wildman–Crippen MR) is 52.9 cm³/mol. The van der Waals surface area contributed by atoms with Gasteiger partial charge in [0.1, 0.15) is 6.04 Å². The molecule has 6 N–H and O–H groups in total. The number of aromatic nitrogens is 1. The zero-order valence-corrected chi connectivity index (χ0v) is 8.84. The molecule has 0 spiro atoms. The van der Waals surface area contributed by atoms with Crippen LogP contribution in [0.5, 0.6) is 5.88 Å². The van der Waals surface area contributed by atoms with Gasteiger partial charge in [0.2, 0.25) is 0 Å². The van der Waals surface area contributed by atoms with Crippen LogP contribution in [0.25, 0.3) is 0 Å². The summed E-state index contributed by atoms with van der Waals surface area (Å²) < 4.78 is 9.25. The molecule has 0 radical (unpaired) electrons. The van der Waals surface area contributed by atoms with E-state index in [2.05, 4.69) is 9.68 Å². The number of nitrogens with zero attached hydrogens (tertiary/aromatic N) is 1. The fourth-order valence-electron chi connectivity index (χ4n) is 1.11. The molecule has 1 unspecified atom stereocenters. The Hall–Kier alpha value is -2.13. The number of aromatic carboxylic acids is 1. The van der Waals surface area contributed by atoms with Crippen LogP contribution < -0.4 is 10.5 Å². The number of hydrogen-bond acceptors (Lipinski definition) is 6. The second-order valence-corrected chi connectivity index (χ2v) is 2.95. The third kappa shape index (κ3) is 3.16. The Kier molecular flexibility index (Phi) is 5.09. The van der Waals surface area contributed by atoms with Crippen molar-refractivity contribution in [3.05, 3.63) is 11.3 Å². The summed E-state index contributed by atoms with van der Waals surface area (Å²) in [5.41, 5.74) is 5.32. The second kappa shape index (κ2) is 5.82. The highest BCUT2D eigenvalue weighted by Gasteiger charge is 2.26. The number of nitrogens with two attached hydrogens (primary N) is 1. The van der Waals surface area contributed by atoms with Crippen LogP contribution in [0.2, 0.25) is 0 Å². The number of carbonyl (C=O) groups is 2. The molecule has 17 heavy (non-hydrogen) atoms. The smallest absolute Gasteiger partial charge is 0.375 e. The molecule has 1 aromatic rings. The minimum atomic E-state index is -1.36. The molecule has 1 rings (SSSR count). The lowest BCUT2D eigenvalue weighted by atomic mass is 10.1. The molecule has 0 aliphatic heterocycles. The van der Waals surface area contributed by atoms with Gasteiger partial charge in [-0.2, -0.15) is 0 Å². The fourth-order valence-corrected chi connectivity index (χ4v) is 1.11. The maximum Gasteiger partial charge on any atom is 0.375 e. The van der Waals surface area contributed by atoms with Crippen molar-refractivity contribution in [2.45, 2.75) is 12.5 Å². The van der Waals surface area contributed by atoms with Crippen molar-refractivity contribution < 1.29 is 34.5 Å². The Labute approximate surface area is 95.1 Å². The van der Waals surface area contributed by atoms with Crippen LogP contribution in [0.3, 0.4) is 0 Å². The standard InChI is InChI=1S/C8H10N2O6.H2O/c1-15-6-3(2-4(9)7(11)12)5(8(13)14)16-10-6;/h4H,2,9H2,1H3,(H,11,12)(H,13,14);1H2. The lowest BCUT2D eigenvalue weighted by Gasteiger charge is -2.05. The topological polar surface area (TPSA) is 167 Å². The molecule has 1 aromatic heterocycles. The summed E-state index contributed by atoms with van der Waals surface area (Å²) in [6.07, 6.45) is -0.232. The molecular formula is C8H12N2O7. The molecule has 1 atom stereocenters. The van der Waals surface area contributed by atoms with E-state index in [-0.39, 0.29) is 23.3 Å². The number of hydrogen-bond donors (Lipinski definition) is 3. The van der Waals surface area contributed by atoms with Gasteiger partial charge in [-0.25, -0.2) is 4.79 Å². The summed E-state index contributed by atoms with van der Waals surface area (Å²) in [5, 5.41) is 20.7. The van der Waals surface area contributed by atoms with Crippen LogP contribution in [-0.4, -0.2) is 45.9 Å². The minimum absolute atomic E-state index is 0. The average Bonchev–Trinajstić information content (AvgIpc) is 2.60. The van der Waals surface area contributed by atoms with Gasteiger partial charge in [0.05, 0.1) is 12.7 Å². The van der Waals surface area contributed by atoms with Crippen LogP contribution in [0.15, 0.2) is 4.52 Å². The number of aliphatic carboxylic acids is 1. The van der Waals surface area contributed by atoms with E-state index in [9.17, 15) is 9.59 Å². The van der Waals surface area contributed by atoms with Gasteiger partial charge < -0.3 is 30.7 Å². The van der Waals surface area contributed by atoms with Crippen molar-refractivity contribution in [1.29, 1.82) is 0 Å². The first-order valence-corrected chi connectivity index (χ1v) is 4.21. The van der Waals surface area contributed by atoms with E-state index in [1.807, 2.05) is 0 Å². The summed E-state index contributed by atoms with van der Waals surface area (Å²) in [5.74, 6) is -3.15. The van der Waals surface area contributed by atoms with Gasteiger partial charge in [-0.05, 0) is 5.16 Å². The molecule has 0 bridgehead atoms. The third-order valence-corrected chi connectivity index (χ3v) is 1.88. The molecule has 0 aliphatic rings. The number of carboxylic acid groups (broad SMARTS) is 2. The van der Waals surface area contributed by atoms with Gasteiger partial charge in [-0.3, -0.25) is 4.79 Å². The van der Waals surface area contributed by atoms with Gasteiger partial charge >= 0.3 is 11.9 Å². The molecule has 0 saturated heterocycles. The van der Waals surface area contributed by atoms with Crippen molar-refractivity contribution in [3.63, 3.8) is 0 Å². The predicted octanol–water partition coefficient (Wildman–Crippen LogP) is -1.49. The largest absolute Gasteiger partial charge is 0.480 e. The Morgan fingerprint density at radius 3 is 2.53 bits per heavy atom. The van der Waals surface area contributed by atoms with Crippen LogP contribution in [-0.2, 0) is 11.2 Å². The van der Waals surface area contributed by atoms with Crippen molar-refractivity contribution in [3.8, 4) is 5.88 Å². The van der Waals surface area contributed by atoms with Gasteiger partial charge in [-0.15, -0.1) is 0 Å². The summed E-state index contributed by atoms with van der Waals surface area (Å²) in [6, 6.07) is -1.24. The van der Waals surface area contributed by atoms with Crippen molar-refractivity contribution in [2.75, 3.05) is 7.11 Å². The van der Waals surface area contributed by atoms with E-state index in [0.717, 1.165) is 0 Å². The number of rotatable bonds is 5. The molecular weight excluding hydrogens is 236 g/mol. The maximum atomic E-state index is 10.7. The summed E-state index contributed by atoms with van der Waals surface area (Å²) in [7, 11) is 1.26. The maximum absolute atomic E-state index is 10.7. The Morgan fingerprint density at radius 2 is 2.12 bits per heavy atom. The quantitative estimate of drug-likeness (QED) is 0.566. The summed E-state index contributed by atoms with van der Waals surface area (Å²) >= 11 is 0. The molecule has 1 heterocycles. The van der Waals surface area contributed by atoms with Gasteiger partial charge in [0, 0.05) is 6.42 Å². The highest BCUT2D eigenvalue weighted by Crippen LogP contribution is 2.22. The van der Waals surface area contributed by atoms with E-state index < -0.39 is 23.7 Å². The normalized spacial score (nSPS) is 11.4. The van der Waals surface area contributed by atoms with Crippen LogP contribution in [0, 0.1) is 0 Å². The summed E-state index contributed by atoms with van der Waals surface area (Å²) in [6.45, 7) is 0. The first kappa shape index (κ1) is 14.9.